The van der Waals surface area contributed by atoms with E-state index >= 15 is 0 Å². The van der Waals surface area contributed by atoms with E-state index in [0.717, 1.165) is 0 Å². The normalized spacial score (nSPS) is 10.1. The van der Waals surface area contributed by atoms with E-state index in [1.807, 2.05) is 0 Å². The number of nitrogens with one attached hydrogen (secondary N) is 3. The summed E-state index contributed by atoms with van der Waals surface area (Å²) in [5.41, 5.74) is 1.60. The molecule has 0 atom stereocenters. The highest BCUT2D eigenvalue weighted by Gasteiger charge is 2.17. The van der Waals surface area contributed by atoms with Gasteiger partial charge >= 0.3 is 11.9 Å². The molecule has 1 aromatic heterocycles. The molecule has 0 radical (unpaired) electrons. The monoisotopic (exact) mass is 567 g/mol. The van der Waals surface area contributed by atoms with Crippen LogP contribution in [0, 0.1) is 5.41 Å². The fraction of sp³-hybridized carbons (Fsp3) is 0.111. The highest BCUT2D eigenvalue weighted by molar-refractivity contribution is 6.30. The lowest BCUT2D eigenvalue weighted by Gasteiger charge is -2.15. The Morgan fingerprint density at radius 3 is 2.00 bits per heavy atom. The van der Waals surface area contributed by atoms with Crippen molar-refractivity contribution >= 4 is 52.7 Å². The van der Waals surface area contributed by atoms with Crippen molar-refractivity contribution in [1.82, 2.24) is 9.88 Å². The number of nitrogens with zero attached hydrogens (tertiary/aromatic N) is 2. The van der Waals surface area contributed by atoms with Gasteiger partial charge in [-0.1, -0.05) is 23.7 Å². The van der Waals surface area contributed by atoms with Gasteiger partial charge in [-0.25, -0.2) is 14.6 Å². The van der Waals surface area contributed by atoms with Gasteiger partial charge in [-0.05, 0) is 42.5 Å². The van der Waals surface area contributed by atoms with Gasteiger partial charge in [0.25, 0.3) is 11.8 Å². The Balaban J connectivity index is 0.000000611. The number of benzene rings is 2. The number of ether oxygens (including phenoxy) is 1. The van der Waals surface area contributed by atoms with Gasteiger partial charge in [-0.3, -0.25) is 15.0 Å². The number of carboxylic acids is 2. The zero-order valence-electron chi connectivity index (χ0n) is 21.6. The topological polar surface area (TPSA) is 182 Å². The van der Waals surface area contributed by atoms with E-state index < -0.39 is 23.8 Å². The van der Waals surface area contributed by atoms with E-state index in [4.69, 9.17) is 32.0 Å². The van der Waals surface area contributed by atoms with Crippen molar-refractivity contribution in [3.05, 3.63) is 94.7 Å². The molecule has 1 heterocycles. The number of hydrogen-bond donors (Lipinski definition) is 5. The minimum absolute atomic E-state index is 0.209. The largest absolute Gasteiger partial charge is 0.497 e. The molecule has 0 aliphatic heterocycles. The van der Waals surface area contributed by atoms with E-state index in [1.54, 1.807) is 67.5 Å². The summed E-state index contributed by atoms with van der Waals surface area (Å²) in [4.78, 5) is 50.5. The molecule has 3 rings (SSSR count). The number of rotatable bonds is 8. The standard InChI is InChI=1S/C23H22ClN5O3.C4H4O4/c1-29(2)21(25)14-4-6-15(7-5-14)22(30)27-19-10-9-17(32-3)12-18(19)23(31)28-20-11-8-16(24)13-26-20;5-3(6)1-2-4(7)8/h4-13,25H,1-3H3,(H,27,30)(H,26,28,31);1-2H,(H,5,6)(H,7,8)/b;2-1+. The first-order valence-corrected chi connectivity index (χ1v) is 11.7. The number of aliphatic carboxylic acids is 2. The first-order chi connectivity index (χ1) is 18.9. The molecule has 40 heavy (non-hydrogen) atoms. The highest BCUT2D eigenvalue weighted by Crippen LogP contribution is 2.24. The third-order valence-corrected chi connectivity index (χ3v) is 5.15. The first kappa shape index (κ1) is 31.0. The van der Waals surface area contributed by atoms with E-state index in [-0.39, 0.29) is 5.56 Å². The first-order valence-electron chi connectivity index (χ1n) is 11.3. The van der Waals surface area contributed by atoms with Crippen LogP contribution in [-0.2, 0) is 9.59 Å². The van der Waals surface area contributed by atoms with Crippen molar-refractivity contribution in [1.29, 1.82) is 5.41 Å². The van der Waals surface area contributed by atoms with Crippen molar-refractivity contribution < 1.29 is 34.1 Å². The number of amides is 2. The van der Waals surface area contributed by atoms with Gasteiger partial charge in [-0.15, -0.1) is 0 Å². The molecule has 0 saturated carbocycles. The summed E-state index contributed by atoms with van der Waals surface area (Å²) < 4.78 is 5.22. The second-order valence-corrected chi connectivity index (χ2v) is 8.45. The van der Waals surface area contributed by atoms with Gasteiger partial charge in [0.2, 0.25) is 0 Å². The van der Waals surface area contributed by atoms with Crippen LogP contribution in [0.1, 0.15) is 26.3 Å². The van der Waals surface area contributed by atoms with Crippen LogP contribution < -0.4 is 15.4 Å². The lowest BCUT2D eigenvalue weighted by Crippen LogP contribution is -2.22. The van der Waals surface area contributed by atoms with Crippen molar-refractivity contribution in [2.75, 3.05) is 31.8 Å². The fourth-order valence-corrected chi connectivity index (χ4v) is 3.07. The van der Waals surface area contributed by atoms with Crippen molar-refractivity contribution in [2.24, 2.45) is 0 Å². The highest BCUT2D eigenvalue weighted by atomic mass is 35.5. The second-order valence-electron chi connectivity index (χ2n) is 8.01. The molecule has 13 heteroatoms. The van der Waals surface area contributed by atoms with Crippen LogP contribution in [-0.4, -0.2) is 70.9 Å². The number of pyridine rings is 1. The van der Waals surface area contributed by atoms with Crippen LogP contribution in [0.2, 0.25) is 5.02 Å². The number of carbonyl (C=O) groups is 4. The summed E-state index contributed by atoms with van der Waals surface area (Å²) in [7, 11) is 5.04. The van der Waals surface area contributed by atoms with Gasteiger partial charge in [-0.2, -0.15) is 0 Å². The number of aromatic nitrogens is 1. The molecule has 0 spiro atoms. The Kier molecular flexibility index (Phi) is 11.3. The summed E-state index contributed by atoms with van der Waals surface area (Å²) in [6.45, 7) is 0. The maximum atomic E-state index is 12.9. The van der Waals surface area contributed by atoms with Gasteiger partial charge in [0.1, 0.15) is 17.4 Å². The van der Waals surface area contributed by atoms with Gasteiger partial charge in [0.05, 0.1) is 23.4 Å². The van der Waals surface area contributed by atoms with Gasteiger partial charge in [0.15, 0.2) is 0 Å². The molecule has 208 valence electrons. The third kappa shape index (κ3) is 9.58. The molecule has 0 bridgehead atoms. The SMILES string of the molecule is COc1ccc(NC(=O)c2ccc(C(=N)N(C)C)cc2)c(C(=O)Nc2ccc(Cl)cn2)c1.O=C(O)/C=C/C(=O)O. The Morgan fingerprint density at radius 1 is 0.900 bits per heavy atom. The molecule has 0 unspecified atom stereocenters. The fourth-order valence-electron chi connectivity index (χ4n) is 2.96. The third-order valence-electron chi connectivity index (χ3n) is 4.92. The second kappa shape index (κ2) is 14.6. The smallest absolute Gasteiger partial charge is 0.328 e. The van der Waals surface area contributed by atoms with Crippen LogP contribution in [0.4, 0.5) is 11.5 Å². The molecule has 12 nitrogen and oxygen atoms in total. The van der Waals surface area contributed by atoms with E-state index in [1.165, 1.54) is 19.4 Å². The summed E-state index contributed by atoms with van der Waals surface area (Å²) in [5, 5.41) is 29.5. The zero-order valence-corrected chi connectivity index (χ0v) is 22.4. The predicted molar refractivity (Wildman–Crippen MR) is 150 cm³/mol. The Bertz CT molecular complexity index is 1410. The number of carbonyl (C=O) groups excluding carboxylic acids is 2. The molecular formula is C27H26ClN5O7. The Hall–Kier alpha value is -5.23. The van der Waals surface area contributed by atoms with Gasteiger partial charge in [0, 0.05) is 43.6 Å². The van der Waals surface area contributed by atoms with Crippen molar-refractivity contribution in [3.8, 4) is 5.75 Å². The quantitative estimate of drug-likeness (QED) is 0.153. The van der Waals surface area contributed by atoms with Crippen LogP contribution in [0.5, 0.6) is 5.75 Å². The average molecular weight is 568 g/mol. The lowest BCUT2D eigenvalue weighted by atomic mass is 10.1. The maximum Gasteiger partial charge on any atom is 0.328 e. The molecular weight excluding hydrogens is 542 g/mol. The number of carboxylic acid groups (broad SMARTS) is 2. The number of hydrogen-bond acceptors (Lipinski definition) is 7. The van der Waals surface area contributed by atoms with Crippen LogP contribution in [0.3, 0.4) is 0 Å². The lowest BCUT2D eigenvalue weighted by molar-refractivity contribution is -0.134. The van der Waals surface area contributed by atoms with E-state index in [2.05, 4.69) is 15.6 Å². The van der Waals surface area contributed by atoms with Crippen LogP contribution in [0.15, 0.2) is 72.9 Å². The molecule has 2 aromatic carbocycles. The van der Waals surface area contributed by atoms with Crippen LogP contribution in [0.25, 0.3) is 0 Å². The maximum absolute atomic E-state index is 12.9. The summed E-state index contributed by atoms with van der Waals surface area (Å²) in [5.74, 6) is -2.26. The number of amidine groups is 1. The minimum Gasteiger partial charge on any atom is -0.497 e. The summed E-state index contributed by atoms with van der Waals surface area (Å²) in [6.07, 6.45) is 2.54. The molecule has 0 aliphatic carbocycles. The van der Waals surface area contributed by atoms with E-state index in [9.17, 15) is 19.2 Å². The number of halogens is 1. The summed E-state index contributed by atoms with van der Waals surface area (Å²) >= 11 is 5.83. The molecule has 5 N–H and O–H groups in total. The van der Waals surface area contributed by atoms with Crippen molar-refractivity contribution in [2.45, 2.75) is 0 Å². The Labute approximate surface area is 234 Å². The average Bonchev–Trinajstić information content (AvgIpc) is 2.93. The molecule has 3 aromatic rings. The number of anilines is 2. The predicted octanol–water partition coefficient (Wildman–Crippen LogP) is 3.85. The Morgan fingerprint density at radius 2 is 1.50 bits per heavy atom. The molecule has 0 fully saturated rings. The van der Waals surface area contributed by atoms with Crippen LogP contribution >= 0.6 is 11.6 Å². The van der Waals surface area contributed by atoms with Gasteiger partial charge < -0.3 is 30.5 Å². The van der Waals surface area contributed by atoms with Crippen molar-refractivity contribution in [3.63, 3.8) is 0 Å². The summed E-state index contributed by atoms with van der Waals surface area (Å²) in [6, 6.07) is 14.6. The molecule has 0 aliphatic rings. The molecule has 2 amide bonds. The van der Waals surface area contributed by atoms with E-state index in [0.29, 0.717) is 51.4 Å². The minimum atomic E-state index is -1.26. The molecule has 0 saturated heterocycles. The number of methoxy groups -OCH3 is 1. The zero-order chi connectivity index (χ0) is 29.8.